The molecule has 0 aliphatic carbocycles. The molecule has 148 valence electrons. The van der Waals surface area contributed by atoms with E-state index in [2.05, 4.69) is 50.8 Å². The highest BCUT2D eigenvalue weighted by atomic mass is 16.3. The number of nitrogens with zero attached hydrogens (tertiary/aromatic N) is 1. The zero-order valence-electron chi connectivity index (χ0n) is 17.8. The largest absolute Gasteiger partial charge is 0.508 e. The lowest BCUT2D eigenvalue weighted by atomic mass is 9.76. The Balaban J connectivity index is 2.52. The second kappa shape index (κ2) is 8.79. The summed E-state index contributed by atoms with van der Waals surface area (Å²) in [5.74, 6) is 0.802. The summed E-state index contributed by atoms with van der Waals surface area (Å²) in [5, 5.41) is 20.8. The molecule has 0 aromatic heterocycles. The van der Waals surface area contributed by atoms with E-state index in [1.807, 2.05) is 26.2 Å². The van der Waals surface area contributed by atoms with Crippen LogP contribution in [0.1, 0.15) is 68.4 Å². The standard InChI is InChI=1S/C24H35NO2/c1-7-9-10-18-14-20(11-12-22(18)26)24(3,4)21-13-17(8-2)23(27)19(15-21)16-25(5)6/h11-15,26-27H,7-10,16H2,1-6H3. The molecule has 0 unspecified atom stereocenters. The molecular weight excluding hydrogens is 334 g/mol. The van der Waals surface area contributed by atoms with Crippen LogP contribution in [0.5, 0.6) is 11.5 Å². The van der Waals surface area contributed by atoms with Gasteiger partial charge in [-0.2, -0.15) is 0 Å². The summed E-state index contributed by atoms with van der Waals surface area (Å²) in [6.07, 6.45) is 3.88. The van der Waals surface area contributed by atoms with E-state index in [1.165, 1.54) is 11.1 Å². The van der Waals surface area contributed by atoms with E-state index in [-0.39, 0.29) is 5.41 Å². The zero-order valence-corrected chi connectivity index (χ0v) is 17.8. The Labute approximate surface area is 164 Å². The maximum absolute atomic E-state index is 10.6. The van der Waals surface area contributed by atoms with Gasteiger partial charge >= 0.3 is 0 Å². The van der Waals surface area contributed by atoms with Crippen LogP contribution in [0.25, 0.3) is 0 Å². The van der Waals surface area contributed by atoms with Gasteiger partial charge in [0.2, 0.25) is 0 Å². The Morgan fingerprint density at radius 3 is 2.11 bits per heavy atom. The van der Waals surface area contributed by atoms with Gasteiger partial charge < -0.3 is 15.1 Å². The van der Waals surface area contributed by atoms with E-state index in [1.54, 1.807) is 0 Å². The van der Waals surface area contributed by atoms with Crippen molar-refractivity contribution >= 4 is 0 Å². The molecule has 0 amide bonds. The van der Waals surface area contributed by atoms with E-state index in [9.17, 15) is 10.2 Å². The van der Waals surface area contributed by atoms with Gasteiger partial charge in [0.25, 0.3) is 0 Å². The molecule has 0 heterocycles. The molecule has 0 spiro atoms. The van der Waals surface area contributed by atoms with Gasteiger partial charge in [0.15, 0.2) is 0 Å². The van der Waals surface area contributed by atoms with E-state index in [4.69, 9.17) is 0 Å². The second-order valence-corrected chi connectivity index (χ2v) is 8.31. The van der Waals surface area contributed by atoms with Crippen LogP contribution in [0, 0.1) is 0 Å². The van der Waals surface area contributed by atoms with Crippen LogP contribution in [0.15, 0.2) is 30.3 Å². The maximum atomic E-state index is 10.6. The SMILES string of the molecule is CCCCc1cc(C(C)(C)c2cc(CC)c(O)c(CN(C)C)c2)ccc1O. The van der Waals surface area contributed by atoms with Crippen LogP contribution in [0.2, 0.25) is 0 Å². The van der Waals surface area contributed by atoms with Crippen LogP contribution < -0.4 is 0 Å². The fraction of sp³-hybridized carbons (Fsp3) is 0.500. The van der Waals surface area contributed by atoms with E-state index < -0.39 is 0 Å². The van der Waals surface area contributed by atoms with Crippen molar-refractivity contribution in [2.24, 2.45) is 0 Å². The van der Waals surface area contributed by atoms with Gasteiger partial charge in [-0.1, -0.05) is 52.3 Å². The minimum absolute atomic E-state index is 0.215. The van der Waals surface area contributed by atoms with Crippen molar-refractivity contribution < 1.29 is 10.2 Å². The first-order valence-corrected chi connectivity index (χ1v) is 10.0. The third kappa shape index (κ3) is 4.84. The van der Waals surface area contributed by atoms with Crippen molar-refractivity contribution in [3.8, 4) is 11.5 Å². The second-order valence-electron chi connectivity index (χ2n) is 8.31. The molecule has 2 aromatic rings. The first-order chi connectivity index (χ1) is 12.7. The number of hydrogen-bond acceptors (Lipinski definition) is 3. The summed E-state index contributed by atoms with van der Waals surface area (Å²) in [6, 6.07) is 10.3. The molecule has 0 saturated heterocycles. The molecule has 0 radical (unpaired) electrons. The monoisotopic (exact) mass is 369 g/mol. The number of unbranched alkanes of at least 4 members (excludes halogenated alkanes) is 1. The highest BCUT2D eigenvalue weighted by Crippen LogP contribution is 2.38. The summed E-state index contributed by atoms with van der Waals surface area (Å²) in [5.41, 5.74) is 5.14. The fourth-order valence-electron chi connectivity index (χ4n) is 3.56. The molecular formula is C24H35NO2. The van der Waals surface area contributed by atoms with Gasteiger partial charge in [0.1, 0.15) is 11.5 Å². The topological polar surface area (TPSA) is 43.7 Å². The average molecular weight is 370 g/mol. The first-order valence-electron chi connectivity index (χ1n) is 10.0. The van der Waals surface area contributed by atoms with Crippen LogP contribution in [0.3, 0.4) is 0 Å². The summed E-state index contributed by atoms with van der Waals surface area (Å²) >= 11 is 0. The summed E-state index contributed by atoms with van der Waals surface area (Å²) in [6.45, 7) is 9.39. The van der Waals surface area contributed by atoms with Crippen molar-refractivity contribution in [3.63, 3.8) is 0 Å². The molecule has 0 aliphatic rings. The average Bonchev–Trinajstić information content (AvgIpc) is 2.62. The van der Waals surface area contributed by atoms with Crippen LogP contribution in [-0.4, -0.2) is 29.2 Å². The predicted molar refractivity (Wildman–Crippen MR) is 114 cm³/mol. The van der Waals surface area contributed by atoms with Gasteiger partial charge in [-0.15, -0.1) is 0 Å². The third-order valence-corrected chi connectivity index (χ3v) is 5.46. The Bertz CT molecular complexity index is 778. The van der Waals surface area contributed by atoms with E-state index in [0.29, 0.717) is 18.0 Å². The molecule has 0 saturated carbocycles. The number of phenolic OH excluding ortho intramolecular Hbond substituents is 2. The molecule has 0 atom stereocenters. The third-order valence-electron chi connectivity index (χ3n) is 5.46. The molecule has 27 heavy (non-hydrogen) atoms. The van der Waals surface area contributed by atoms with E-state index in [0.717, 1.165) is 42.4 Å². The van der Waals surface area contributed by atoms with Crippen LogP contribution >= 0.6 is 0 Å². The molecule has 3 heteroatoms. The minimum atomic E-state index is -0.215. The lowest BCUT2D eigenvalue weighted by molar-refractivity contribution is 0.383. The fourth-order valence-corrected chi connectivity index (χ4v) is 3.56. The zero-order chi connectivity index (χ0) is 20.2. The maximum Gasteiger partial charge on any atom is 0.123 e. The first kappa shape index (κ1) is 21.3. The van der Waals surface area contributed by atoms with Crippen molar-refractivity contribution in [2.45, 2.75) is 65.3 Å². The van der Waals surface area contributed by atoms with Crippen molar-refractivity contribution in [1.29, 1.82) is 0 Å². The highest BCUT2D eigenvalue weighted by molar-refractivity contribution is 5.50. The number of aryl methyl sites for hydroxylation is 2. The Morgan fingerprint density at radius 2 is 1.52 bits per heavy atom. The normalized spacial score (nSPS) is 12.0. The molecule has 0 fully saturated rings. The Morgan fingerprint density at radius 1 is 0.889 bits per heavy atom. The van der Waals surface area contributed by atoms with E-state index >= 15 is 0 Å². The van der Waals surface area contributed by atoms with Crippen LogP contribution in [-0.2, 0) is 24.8 Å². The quantitative estimate of drug-likeness (QED) is 0.655. The molecule has 0 bridgehead atoms. The molecule has 3 nitrogen and oxygen atoms in total. The number of phenols is 2. The van der Waals surface area contributed by atoms with Gasteiger partial charge in [-0.25, -0.2) is 0 Å². The lowest BCUT2D eigenvalue weighted by Crippen LogP contribution is -2.21. The van der Waals surface area contributed by atoms with Gasteiger partial charge in [-0.05, 0) is 67.7 Å². The molecule has 0 aliphatic heterocycles. The van der Waals surface area contributed by atoms with Crippen molar-refractivity contribution in [2.75, 3.05) is 14.1 Å². The summed E-state index contributed by atoms with van der Waals surface area (Å²) in [7, 11) is 4.03. The summed E-state index contributed by atoms with van der Waals surface area (Å²) < 4.78 is 0. The lowest BCUT2D eigenvalue weighted by Gasteiger charge is -2.29. The number of hydrogen-bond donors (Lipinski definition) is 2. The van der Waals surface area contributed by atoms with Gasteiger partial charge in [0.05, 0.1) is 0 Å². The number of rotatable bonds is 8. The molecule has 2 rings (SSSR count). The van der Waals surface area contributed by atoms with Gasteiger partial charge in [0, 0.05) is 17.5 Å². The predicted octanol–water partition coefficient (Wildman–Crippen LogP) is 5.39. The minimum Gasteiger partial charge on any atom is -0.508 e. The number of aromatic hydroxyl groups is 2. The van der Waals surface area contributed by atoms with Crippen molar-refractivity contribution in [3.05, 3.63) is 58.1 Å². The van der Waals surface area contributed by atoms with Crippen molar-refractivity contribution in [1.82, 2.24) is 4.90 Å². The smallest absolute Gasteiger partial charge is 0.123 e. The highest BCUT2D eigenvalue weighted by Gasteiger charge is 2.26. The van der Waals surface area contributed by atoms with Gasteiger partial charge in [-0.3, -0.25) is 0 Å². The van der Waals surface area contributed by atoms with Crippen LogP contribution in [0.4, 0.5) is 0 Å². The molecule has 2 aromatic carbocycles. The summed E-state index contributed by atoms with van der Waals surface area (Å²) in [4.78, 5) is 2.08. The number of benzene rings is 2. The Kier molecular flexibility index (Phi) is 6.94. The molecule has 2 N–H and O–H groups in total. The Hall–Kier alpha value is -2.00.